The van der Waals surface area contributed by atoms with E-state index in [0.29, 0.717) is 6.07 Å². The van der Waals surface area contributed by atoms with Gasteiger partial charge in [-0.2, -0.15) is 0 Å². The molecule has 0 aliphatic heterocycles. The number of phenols is 1. The van der Waals surface area contributed by atoms with Crippen LogP contribution in [0.1, 0.15) is 11.1 Å². The van der Waals surface area contributed by atoms with Crippen molar-refractivity contribution >= 4 is 23.2 Å². The molecule has 0 bridgehead atoms. The summed E-state index contributed by atoms with van der Waals surface area (Å²) in [6, 6.07) is 29.9. The van der Waals surface area contributed by atoms with Gasteiger partial charge in [-0.15, -0.1) is 0 Å². The van der Waals surface area contributed by atoms with Crippen LogP contribution in [0, 0.1) is 0 Å². The molecule has 0 heterocycles. The normalized spacial score (nSPS) is 12.8. The standard InChI is InChI=1S/C28H23F6O2P/c29-27(30,31)25-23(35)16-17-24(26(25)28(32,33)34)36-18-19-37(20-10-4-1-5-11-20,21-12-6-2-7-13-21)22-14-8-3-9-15-22/h1-17,35,37H,18-19H2. The van der Waals surface area contributed by atoms with E-state index < -0.39 is 42.2 Å². The number of rotatable bonds is 7. The second kappa shape index (κ2) is 10.5. The van der Waals surface area contributed by atoms with Crippen molar-refractivity contribution in [2.24, 2.45) is 0 Å². The predicted octanol–water partition coefficient (Wildman–Crippen LogP) is 6.54. The van der Waals surface area contributed by atoms with Crippen LogP contribution < -0.4 is 20.7 Å². The quantitative estimate of drug-likeness (QED) is 0.215. The molecule has 0 amide bonds. The molecule has 4 aromatic carbocycles. The van der Waals surface area contributed by atoms with Gasteiger partial charge >= 0.3 is 210 Å². The van der Waals surface area contributed by atoms with Gasteiger partial charge in [0.25, 0.3) is 0 Å². The van der Waals surface area contributed by atoms with Gasteiger partial charge in [0.2, 0.25) is 0 Å². The average Bonchev–Trinajstić information content (AvgIpc) is 2.87. The van der Waals surface area contributed by atoms with Crippen LogP contribution in [-0.4, -0.2) is 17.9 Å². The number of hydrogen-bond donors (Lipinski definition) is 1. The Hall–Kier alpha value is -3.51. The molecule has 37 heavy (non-hydrogen) atoms. The van der Waals surface area contributed by atoms with Gasteiger partial charge in [0.05, 0.1) is 0 Å². The van der Waals surface area contributed by atoms with E-state index in [1.807, 2.05) is 91.0 Å². The molecule has 0 fully saturated rings. The zero-order valence-electron chi connectivity index (χ0n) is 19.4. The summed E-state index contributed by atoms with van der Waals surface area (Å²) in [6.45, 7) is -0.282. The first-order chi connectivity index (χ1) is 17.5. The number of benzene rings is 4. The van der Waals surface area contributed by atoms with Crippen molar-refractivity contribution < 1.29 is 36.2 Å². The van der Waals surface area contributed by atoms with Crippen LogP contribution in [0.25, 0.3) is 0 Å². The molecule has 1 N–H and O–H groups in total. The summed E-state index contributed by atoms with van der Waals surface area (Å²) < 4.78 is 87.3. The Kier molecular flexibility index (Phi) is 7.51. The maximum atomic E-state index is 13.8. The molecule has 2 nitrogen and oxygen atoms in total. The Labute approximate surface area is 210 Å². The van der Waals surface area contributed by atoms with Gasteiger partial charge in [0.15, 0.2) is 0 Å². The molecule has 0 spiro atoms. The second-order valence-electron chi connectivity index (χ2n) is 8.43. The van der Waals surface area contributed by atoms with Crippen LogP contribution in [0.3, 0.4) is 0 Å². The van der Waals surface area contributed by atoms with Crippen LogP contribution in [0.15, 0.2) is 103 Å². The fourth-order valence-corrected chi connectivity index (χ4v) is 9.24. The third-order valence-corrected chi connectivity index (χ3v) is 11.2. The van der Waals surface area contributed by atoms with Crippen LogP contribution in [-0.2, 0) is 12.4 Å². The summed E-state index contributed by atoms with van der Waals surface area (Å²) >= 11 is 0. The number of ether oxygens (including phenoxy) is 1. The molecule has 0 aliphatic carbocycles. The molecular weight excluding hydrogens is 513 g/mol. The SMILES string of the molecule is Oc1ccc(OCC[PH](c2ccccc2)(c2ccccc2)c2ccccc2)c(C(F)(F)F)c1C(F)(F)F. The Morgan fingerprint density at radius 1 is 0.568 bits per heavy atom. The van der Waals surface area contributed by atoms with E-state index in [1.54, 1.807) is 0 Å². The molecule has 0 aliphatic rings. The van der Waals surface area contributed by atoms with E-state index in [0.717, 1.165) is 22.0 Å². The van der Waals surface area contributed by atoms with Crippen molar-refractivity contribution in [3.8, 4) is 11.5 Å². The zero-order chi connectivity index (χ0) is 26.7. The first kappa shape index (κ1) is 26.6. The van der Waals surface area contributed by atoms with Crippen molar-refractivity contribution in [2.75, 3.05) is 12.8 Å². The number of alkyl halides is 6. The van der Waals surface area contributed by atoms with E-state index in [4.69, 9.17) is 4.74 Å². The fraction of sp³-hybridized carbons (Fsp3) is 0.143. The van der Waals surface area contributed by atoms with Crippen LogP contribution in [0.2, 0.25) is 0 Å². The predicted molar refractivity (Wildman–Crippen MR) is 135 cm³/mol. The third kappa shape index (κ3) is 5.44. The van der Waals surface area contributed by atoms with Gasteiger partial charge in [0.1, 0.15) is 0 Å². The molecule has 9 heteroatoms. The Morgan fingerprint density at radius 3 is 1.35 bits per heavy atom. The summed E-state index contributed by atoms with van der Waals surface area (Å²) in [5.41, 5.74) is -4.19. The van der Waals surface area contributed by atoms with Crippen molar-refractivity contribution in [1.82, 2.24) is 0 Å². The van der Waals surface area contributed by atoms with Gasteiger partial charge in [-0.25, -0.2) is 0 Å². The van der Waals surface area contributed by atoms with Gasteiger partial charge in [-0.05, 0) is 0 Å². The summed E-state index contributed by atoms with van der Waals surface area (Å²) in [5, 5.41) is 12.6. The molecule has 0 saturated carbocycles. The summed E-state index contributed by atoms with van der Waals surface area (Å²) in [7, 11) is -2.88. The fourth-order valence-electron chi connectivity index (χ4n) is 4.68. The molecule has 0 saturated heterocycles. The van der Waals surface area contributed by atoms with Crippen LogP contribution in [0.5, 0.6) is 11.5 Å². The first-order valence-electron chi connectivity index (χ1n) is 11.3. The number of hydrogen-bond acceptors (Lipinski definition) is 2. The van der Waals surface area contributed by atoms with Crippen LogP contribution in [0.4, 0.5) is 26.3 Å². The number of halogens is 6. The minimum absolute atomic E-state index is 0.255. The molecule has 0 aromatic heterocycles. The summed E-state index contributed by atoms with van der Waals surface area (Å²) in [4.78, 5) is 0. The minimum atomic E-state index is -5.43. The van der Waals surface area contributed by atoms with E-state index >= 15 is 0 Å². The molecule has 194 valence electrons. The van der Waals surface area contributed by atoms with Crippen molar-refractivity contribution in [3.63, 3.8) is 0 Å². The van der Waals surface area contributed by atoms with Crippen molar-refractivity contribution in [2.45, 2.75) is 12.4 Å². The molecule has 0 unspecified atom stereocenters. The molecule has 4 rings (SSSR count). The summed E-state index contributed by atoms with van der Waals surface area (Å²) in [6.07, 6.45) is -10.6. The topological polar surface area (TPSA) is 29.5 Å². The third-order valence-electron chi connectivity index (χ3n) is 6.25. The number of aromatic hydroxyl groups is 1. The maximum absolute atomic E-state index is 13.8. The summed E-state index contributed by atoms with van der Waals surface area (Å²) in [5.74, 6) is -2.48. The molecular formula is C28H23F6O2P. The number of phenolic OH excluding ortho intramolecular Hbond substituents is 1. The van der Waals surface area contributed by atoms with Crippen LogP contribution >= 0.6 is 7.26 Å². The second-order valence-corrected chi connectivity index (χ2v) is 12.5. The van der Waals surface area contributed by atoms with E-state index in [9.17, 15) is 31.4 Å². The van der Waals surface area contributed by atoms with Gasteiger partial charge in [-0.3, -0.25) is 0 Å². The monoisotopic (exact) mass is 536 g/mol. The molecule has 0 radical (unpaired) electrons. The van der Waals surface area contributed by atoms with E-state index in [-0.39, 0.29) is 12.8 Å². The Bertz CT molecular complexity index is 1230. The zero-order valence-corrected chi connectivity index (χ0v) is 20.4. The molecule has 0 atom stereocenters. The average molecular weight is 536 g/mol. The van der Waals surface area contributed by atoms with Gasteiger partial charge < -0.3 is 0 Å². The Balaban J connectivity index is 1.81. The first-order valence-corrected chi connectivity index (χ1v) is 13.6. The van der Waals surface area contributed by atoms with Crippen molar-refractivity contribution in [1.29, 1.82) is 0 Å². The van der Waals surface area contributed by atoms with Gasteiger partial charge in [-0.1, -0.05) is 0 Å². The molecule has 4 aromatic rings. The van der Waals surface area contributed by atoms with E-state index in [1.165, 1.54) is 0 Å². The van der Waals surface area contributed by atoms with E-state index in [2.05, 4.69) is 0 Å². The van der Waals surface area contributed by atoms with Gasteiger partial charge in [0, 0.05) is 0 Å². The van der Waals surface area contributed by atoms with Crippen molar-refractivity contribution in [3.05, 3.63) is 114 Å². The Morgan fingerprint density at radius 2 is 0.973 bits per heavy atom.